The van der Waals surface area contributed by atoms with Crippen molar-refractivity contribution in [2.45, 2.75) is 6.54 Å². The van der Waals surface area contributed by atoms with Gasteiger partial charge in [-0.2, -0.15) is 0 Å². The van der Waals surface area contributed by atoms with Crippen molar-refractivity contribution >= 4 is 15.9 Å². The minimum Gasteiger partial charge on any atom is -0.443 e. The summed E-state index contributed by atoms with van der Waals surface area (Å²) in [4.78, 5) is 4.17. The molecule has 3 nitrogen and oxygen atoms in total. The van der Waals surface area contributed by atoms with E-state index < -0.39 is 0 Å². The molecule has 0 aliphatic heterocycles. The van der Waals surface area contributed by atoms with Gasteiger partial charge < -0.3 is 9.73 Å². The Hall–Kier alpha value is -1.13. The lowest BCUT2D eigenvalue weighted by Gasteiger charge is -2.02. The van der Waals surface area contributed by atoms with Gasteiger partial charge in [-0.1, -0.05) is 34.1 Å². The maximum atomic E-state index is 5.40. The zero-order valence-corrected chi connectivity index (χ0v) is 9.91. The Labute approximate surface area is 96.6 Å². The summed E-state index contributed by atoms with van der Waals surface area (Å²) in [6.45, 7) is 0.702. The van der Waals surface area contributed by atoms with Crippen molar-refractivity contribution in [1.82, 2.24) is 10.3 Å². The van der Waals surface area contributed by atoms with Gasteiger partial charge in [-0.3, -0.25) is 0 Å². The van der Waals surface area contributed by atoms with Gasteiger partial charge in [0.05, 0.1) is 0 Å². The molecular formula is C11H11BrN2O. The number of halogens is 1. The molecule has 0 aliphatic rings. The van der Waals surface area contributed by atoms with Crippen LogP contribution in [-0.4, -0.2) is 12.0 Å². The number of nitrogens with zero attached hydrogens (tertiary/aromatic N) is 1. The minimum atomic E-state index is 0.702. The summed E-state index contributed by atoms with van der Waals surface area (Å²) < 4.78 is 6.42. The Morgan fingerprint density at radius 1 is 1.40 bits per heavy atom. The first-order chi connectivity index (χ1) is 7.33. The molecule has 0 bridgehead atoms. The van der Waals surface area contributed by atoms with Crippen LogP contribution in [0, 0.1) is 0 Å². The zero-order chi connectivity index (χ0) is 10.7. The van der Waals surface area contributed by atoms with Gasteiger partial charge >= 0.3 is 0 Å². The Morgan fingerprint density at radius 2 is 2.20 bits per heavy atom. The van der Waals surface area contributed by atoms with Gasteiger partial charge in [-0.25, -0.2) is 4.98 Å². The number of oxazole rings is 1. The molecule has 0 aliphatic carbocycles. The SMILES string of the molecule is CNCc1ncoc1-c1ccccc1Br. The molecule has 0 radical (unpaired) electrons. The highest BCUT2D eigenvalue weighted by Gasteiger charge is 2.11. The van der Waals surface area contributed by atoms with Crippen molar-refractivity contribution in [3.8, 4) is 11.3 Å². The zero-order valence-electron chi connectivity index (χ0n) is 8.33. The van der Waals surface area contributed by atoms with E-state index in [0.717, 1.165) is 21.5 Å². The standard InChI is InChI=1S/C11H11BrN2O/c1-13-6-10-11(15-7-14-10)8-4-2-3-5-9(8)12/h2-5,7,13H,6H2,1H3. The average molecular weight is 267 g/mol. The molecule has 0 spiro atoms. The normalized spacial score (nSPS) is 10.5. The van der Waals surface area contributed by atoms with Gasteiger partial charge in [0.15, 0.2) is 12.2 Å². The Bertz CT molecular complexity index is 453. The molecule has 0 unspecified atom stereocenters. The second-order valence-electron chi connectivity index (χ2n) is 3.14. The van der Waals surface area contributed by atoms with E-state index in [1.54, 1.807) is 0 Å². The summed E-state index contributed by atoms with van der Waals surface area (Å²) in [7, 11) is 1.89. The van der Waals surface area contributed by atoms with Crippen molar-refractivity contribution in [2.24, 2.45) is 0 Å². The van der Waals surface area contributed by atoms with Crippen molar-refractivity contribution in [1.29, 1.82) is 0 Å². The van der Waals surface area contributed by atoms with E-state index in [1.165, 1.54) is 6.39 Å². The lowest BCUT2D eigenvalue weighted by Crippen LogP contribution is -2.06. The van der Waals surface area contributed by atoms with E-state index in [0.29, 0.717) is 6.54 Å². The first-order valence-corrected chi connectivity index (χ1v) is 5.44. The number of rotatable bonds is 3. The lowest BCUT2D eigenvalue weighted by molar-refractivity contribution is 0.570. The van der Waals surface area contributed by atoms with Crippen LogP contribution in [0.2, 0.25) is 0 Å². The smallest absolute Gasteiger partial charge is 0.181 e. The molecule has 0 fully saturated rings. The van der Waals surface area contributed by atoms with Gasteiger partial charge in [0.1, 0.15) is 5.69 Å². The first kappa shape index (κ1) is 10.4. The first-order valence-electron chi connectivity index (χ1n) is 4.65. The maximum Gasteiger partial charge on any atom is 0.181 e. The molecule has 2 rings (SSSR count). The molecule has 1 aromatic heterocycles. The monoisotopic (exact) mass is 266 g/mol. The number of aromatic nitrogens is 1. The fourth-order valence-corrected chi connectivity index (χ4v) is 1.89. The molecule has 0 amide bonds. The van der Waals surface area contributed by atoms with E-state index in [2.05, 4.69) is 26.2 Å². The third kappa shape index (κ3) is 2.11. The van der Waals surface area contributed by atoms with Crippen molar-refractivity contribution in [3.63, 3.8) is 0 Å². The Kier molecular flexibility index (Phi) is 3.18. The van der Waals surface area contributed by atoms with E-state index in [-0.39, 0.29) is 0 Å². The number of benzene rings is 1. The average Bonchev–Trinajstić information content (AvgIpc) is 2.67. The summed E-state index contributed by atoms with van der Waals surface area (Å²) in [5.41, 5.74) is 1.95. The van der Waals surface area contributed by atoms with E-state index >= 15 is 0 Å². The van der Waals surface area contributed by atoms with Crippen LogP contribution in [0.1, 0.15) is 5.69 Å². The molecule has 78 valence electrons. The fourth-order valence-electron chi connectivity index (χ4n) is 1.43. The fraction of sp³-hybridized carbons (Fsp3) is 0.182. The molecule has 1 heterocycles. The van der Waals surface area contributed by atoms with E-state index in [4.69, 9.17) is 4.42 Å². The third-order valence-electron chi connectivity index (χ3n) is 2.10. The summed E-state index contributed by atoms with van der Waals surface area (Å²) in [5.74, 6) is 0.817. The van der Waals surface area contributed by atoms with E-state index in [1.807, 2.05) is 31.3 Å². The van der Waals surface area contributed by atoms with Crippen LogP contribution in [0.4, 0.5) is 0 Å². The van der Waals surface area contributed by atoms with Gasteiger partial charge in [0, 0.05) is 16.6 Å². The topological polar surface area (TPSA) is 38.1 Å². The van der Waals surface area contributed by atoms with Gasteiger partial charge in [-0.15, -0.1) is 0 Å². The highest BCUT2D eigenvalue weighted by atomic mass is 79.9. The summed E-state index contributed by atoms with van der Waals surface area (Å²) in [5, 5.41) is 3.06. The van der Waals surface area contributed by atoms with Crippen molar-refractivity contribution in [2.75, 3.05) is 7.05 Å². The number of hydrogen-bond acceptors (Lipinski definition) is 3. The van der Waals surface area contributed by atoms with Crippen LogP contribution in [0.3, 0.4) is 0 Å². The molecule has 15 heavy (non-hydrogen) atoms. The highest BCUT2D eigenvalue weighted by molar-refractivity contribution is 9.10. The second kappa shape index (κ2) is 4.59. The van der Waals surface area contributed by atoms with Crippen LogP contribution in [0.15, 0.2) is 39.5 Å². The molecule has 1 aromatic carbocycles. The minimum absolute atomic E-state index is 0.702. The quantitative estimate of drug-likeness (QED) is 0.929. The molecule has 0 atom stereocenters. The largest absolute Gasteiger partial charge is 0.443 e. The van der Waals surface area contributed by atoms with Crippen LogP contribution in [0.5, 0.6) is 0 Å². The summed E-state index contributed by atoms with van der Waals surface area (Å²) in [6.07, 6.45) is 1.47. The Morgan fingerprint density at radius 3 is 2.93 bits per heavy atom. The summed E-state index contributed by atoms with van der Waals surface area (Å²) in [6, 6.07) is 7.94. The van der Waals surface area contributed by atoms with Crippen LogP contribution >= 0.6 is 15.9 Å². The van der Waals surface area contributed by atoms with E-state index in [9.17, 15) is 0 Å². The van der Waals surface area contributed by atoms with Crippen LogP contribution in [-0.2, 0) is 6.54 Å². The molecule has 1 N–H and O–H groups in total. The van der Waals surface area contributed by atoms with Crippen molar-refractivity contribution in [3.05, 3.63) is 40.8 Å². The Balaban J connectivity index is 2.45. The molecule has 0 saturated carbocycles. The molecular weight excluding hydrogens is 256 g/mol. The summed E-state index contributed by atoms with van der Waals surface area (Å²) >= 11 is 3.49. The van der Waals surface area contributed by atoms with Crippen molar-refractivity contribution < 1.29 is 4.42 Å². The molecule has 2 aromatic rings. The van der Waals surface area contributed by atoms with Gasteiger partial charge in [-0.05, 0) is 13.1 Å². The van der Waals surface area contributed by atoms with Gasteiger partial charge in [0.25, 0.3) is 0 Å². The van der Waals surface area contributed by atoms with Gasteiger partial charge in [0.2, 0.25) is 0 Å². The highest BCUT2D eigenvalue weighted by Crippen LogP contribution is 2.29. The second-order valence-corrected chi connectivity index (χ2v) is 3.99. The molecule has 4 heteroatoms. The third-order valence-corrected chi connectivity index (χ3v) is 2.80. The predicted octanol–water partition coefficient (Wildman–Crippen LogP) is 2.82. The predicted molar refractivity (Wildman–Crippen MR) is 62.4 cm³/mol. The van der Waals surface area contributed by atoms with Crippen LogP contribution < -0.4 is 5.32 Å². The number of nitrogens with one attached hydrogen (secondary N) is 1. The lowest BCUT2D eigenvalue weighted by atomic mass is 10.1. The maximum absolute atomic E-state index is 5.40. The van der Waals surface area contributed by atoms with Crippen LogP contribution in [0.25, 0.3) is 11.3 Å². The molecule has 0 saturated heterocycles. The number of hydrogen-bond donors (Lipinski definition) is 1.